The van der Waals surface area contributed by atoms with E-state index >= 15 is 0 Å². The van der Waals surface area contributed by atoms with E-state index in [1.807, 2.05) is 36.4 Å². The van der Waals surface area contributed by atoms with Gasteiger partial charge in [-0.3, -0.25) is 10.2 Å². The van der Waals surface area contributed by atoms with E-state index < -0.39 is 0 Å². The van der Waals surface area contributed by atoms with Crippen LogP contribution < -0.4 is 11.3 Å². The second-order valence-electron chi connectivity index (χ2n) is 4.35. The van der Waals surface area contributed by atoms with Crippen LogP contribution in [0.1, 0.15) is 10.4 Å². The number of aromatic amines is 1. The van der Waals surface area contributed by atoms with E-state index in [0.717, 1.165) is 16.7 Å². The quantitative estimate of drug-likeness (QED) is 0.378. The molecule has 0 aliphatic carbocycles. The van der Waals surface area contributed by atoms with Gasteiger partial charge < -0.3 is 0 Å². The molecule has 1 aromatic heterocycles. The SMILES string of the molecule is NNC(=O)c1ccc(-c2ccccc2-c2nnn[nH]2)cc1. The van der Waals surface area contributed by atoms with Crippen molar-refractivity contribution in [3.8, 4) is 22.5 Å². The number of rotatable bonds is 3. The van der Waals surface area contributed by atoms with Crippen molar-refractivity contribution in [2.24, 2.45) is 5.84 Å². The summed E-state index contributed by atoms with van der Waals surface area (Å²) < 4.78 is 0. The zero-order valence-electron chi connectivity index (χ0n) is 10.9. The molecule has 2 aromatic carbocycles. The molecule has 0 atom stereocenters. The van der Waals surface area contributed by atoms with Crippen molar-refractivity contribution in [3.05, 3.63) is 54.1 Å². The molecule has 4 N–H and O–H groups in total. The first kappa shape index (κ1) is 12.9. The summed E-state index contributed by atoms with van der Waals surface area (Å²) in [7, 11) is 0. The number of H-pyrrole nitrogens is 1. The van der Waals surface area contributed by atoms with Gasteiger partial charge in [0.1, 0.15) is 0 Å². The molecule has 0 unspecified atom stereocenters. The maximum absolute atomic E-state index is 11.4. The Morgan fingerprint density at radius 2 is 1.76 bits per heavy atom. The van der Waals surface area contributed by atoms with Crippen molar-refractivity contribution in [1.29, 1.82) is 0 Å². The number of carbonyl (C=O) groups is 1. The lowest BCUT2D eigenvalue weighted by Gasteiger charge is -2.07. The first-order chi connectivity index (χ1) is 10.3. The molecule has 104 valence electrons. The molecule has 0 aliphatic heterocycles. The molecule has 3 rings (SSSR count). The lowest BCUT2D eigenvalue weighted by molar-refractivity contribution is 0.0953. The first-order valence-electron chi connectivity index (χ1n) is 6.24. The van der Waals surface area contributed by atoms with Crippen LogP contribution in [0.5, 0.6) is 0 Å². The van der Waals surface area contributed by atoms with Crippen LogP contribution in [0.3, 0.4) is 0 Å². The molecule has 0 spiro atoms. The molecule has 0 aliphatic rings. The highest BCUT2D eigenvalue weighted by Crippen LogP contribution is 2.29. The van der Waals surface area contributed by atoms with E-state index in [1.165, 1.54) is 0 Å². The Morgan fingerprint density at radius 1 is 1.05 bits per heavy atom. The molecule has 1 amide bonds. The van der Waals surface area contributed by atoms with E-state index in [9.17, 15) is 4.79 Å². The molecule has 1 heterocycles. The Balaban J connectivity index is 2.03. The van der Waals surface area contributed by atoms with Crippen LogP contribution in [0.4, 0.5) is 0 Å². The number of hydrogen-bond acceptors (Lipinski definition) is 5. The van der Waals surface area contributed by atoms with Crippen LogP contribution >= 0.6 is 0 Å². The molecule has 0 radical (unpaired) electrons. The highest BCUT2D eigenvalue weighted by Gasteiger charge is 2.10. The van der Waals surface area contributed by atoms with Gasteiger partial charge in [-0.25, -0.2) is 10.9 Å². The van der Waals surface area contributed by atoms with Crippen LogP contribution in [0, 0.1) is 0 Å². The van der Waals surface area contributed by atoms with Gasteiger partial charge in [0.2, 0.25) is 0 Å². The molecule has 7 heteroatoms. The van der Waals surface area contributed by atoms with Crippen LogP contribution in [0.15, 0.2) is 48.5 Å². The van der Waals surface area contributed by atoms with Gasteiger partial charge in [0, 0.05) is 11.1 Å². The van der Waals surface area contributed by atoms with Gasteiger partial charge >= 0.3 is 0 Å². The Morgan fingerprint density at radius 3 is 2.38 bits per heavy atom. The van der Waals surface area contributed by atoms with E-state index in [-0.39, 0.29) is 5.91 Å². The maximum atomic E-state index is 11.4. The summed E-state index contributed by atoms with van der Waals surface area (Å²) in [6, 6.07) is 14.9. The summed E-state index contributed by atoms with van der Waals surface area (Å²) in [5.74, 6) is 5.38. The molecule has 7 nitrogen and oxygen atoms in total. The number of nitrogens with zero attached hydrogens (tertiary/aromatic N) is 3. The topological polar surface area (TPSA) is 110 Å². The highest BCUT2D eigenvalue weighted by atomic mass is 16.2. The van der Waals surface area contributed by atoms with Crippen molar-refractivity contribution >= 4 is 5.91 Å². The Bertz CT molecular complexity index is 751. The predicted octanol–water partition coefficient (Wildman–Crippen LogP) is 1.14. The van der Waals surface area contributed by atoms with Gasteiger partial charge in [-0.1, -0.05) is 36.4 Å². The summed E-state index contributed by atoms with van der Waals surface area (Å²) in [5, 5.41) is 13.9. The maximum Gasteiger partial charge on any atom is 0.265 e. The molecular formula is C14H12N6O. The highest BCUT2D eigenvalue weighted by molar-refractivity contribution is 5.94. The molecule has 0 fully saturated rings. The average molecular weight is 280 g/mol. The second-order valence-corrected chi connectivity index (χ2v) is 4.35. The molecular weight excluding hydrogens is 268 g/mol. The van der Waals surface area contributed by atoms with E-state index in [1.54, 1.807) is 12.1 Å². The third-order valence-electron chi connectivity index (χ3n) is 3.12. The fourth-order valence-corrected chi connectivity index (χ4v) is 2.10. The smallest absolute Gasteiger partial charge is 0.265 e. The van der Waals surface area contributed by atoms with Crippen molar-refractivity contribution in [2.75, 3.05) is 0 Å². The van der Waals surface area contributed by atoms with E-state index in [4.69, 9.17) is 5.84 Å². The van der Waals surface area contributed by atoms with Crippen LogP contribution in [0.2, 0.25) is 0 Å². The number of hydrazine groups is 1. The fourth-order valence-electron chi connectivity index (χ4n) is 2.10. The summed E-state index contributed by atoms with van der Waals surface area (Å²) >= 11 is 0. The molecule has 21 heavy (non-hydrogen) atoms. The third-order valence-corrected chi connectivity index (χ3v) is 3.12. The summed E-state index contributed by atoms with van der Waals surface area (Å²) in [6.07, 6.45) is 0. The minimum atomic E-state index is -0.325. The van der Waals surface area contributed by atoms with E-state index in [0.29, 0.717) is 11.4 Å². The van der Waals surface area contributed by atoms with Gasteiger partial charge in [0.15, 0.2) is 5.82 Å². The molecule has 0 saturated carbocycles. The first-order valence-corrected chi connectivity index (χ1v) is 6.24. The monoisotopic (exact) mass is 280 g/mol. The van der Waals surface area contributed by atoms with Crippen molar-refractivity contribution in [1.82, 2.24) is 26.0 Å². The molecule has 0 saturated heterocycles. The number of nitrogen functional groups attached to an aromatic ring is 1. The zero-order valence-corrected chi connectivity index (χ0v) is 10.9. The van der Waals surface area contributed by atoms with Crippen LogP contribution in [-0.4, -0.2) is 26.5 Å². The lowest BCUT2D eigenvalue weighted by Crippen LogP contribution is -2.29. The number of nitrogens with one attached hydrogen (secondary N) is 2. The number of nitrogens with two attached hydrogens (primary N) is 1. The lowest BCUT2D eigenvalue weighted by atomic mass is 9.98. The van der Waals surface area contributed by atoms with Gasteiger partial charge in [-0.15, -0.1) is 5.10 Å². The number of benzene rings is 2. The number of amides is 1. The number of hydrogen-bond donors (Lipinski definition) is 3. The van der Waals surface area contributed by atoms with Crippen molar-refractivity contribution in [3.63, 3.8) is 0 Å². The van der Waals surface area contributed by atoms with Crippen molar-refractivity contribution < 1.29 is 4.79 Å². The normalized spacial score (nSPS) is 10.3. The Labute approximate surface area is 120 Å². The zero-order chi connectivity index (χ0) is 14.7. The third kappa shape index (κ3) is 2.49. The summed E-state index contributed by atoms with van der Waals surface area (Å²) in [5.41, 5.74) is 5.41. The molecule has 0 bridgehead atoms. The Hall–Kier alpha value is -3.06. The summed E-state index contributed by atoms with van der Waals surface area (Å²) in [6.45, 7) is 0. The fraction of sp³-hybridized carbons (Fsp3) is 0. The minimum Gasteiger partial charge on any atom is -0.290 e. The van der Waals surface area contributed by atoms with Crippen LogP contribution in [0.25, 0.3) is 22.5 Å². The standard InChI is InChI=1S/C14H12N6O/c15-16-14(21)10-7-5-9(6-8-10)11-3-1-2-4-12(11)13-17-19-20-18-13/h1-8H,15H2,(H,16,21)(H,17,18,19,20). The second kappa shape index (κ2) is 5.51. The number of carbonyl (C=O) groups excluding carboxylic acids is 1. The summed E-state index contributed by atoms with van der Waals surface area (Å²) in [4.78, 5) is 11.4. The number of aromatic nitrogens is 4. The van der Waals surface area contributed by atoms with Gasteiger partial charge in [0.05, 0.1) is 0 Å². The minimum absolute atomic E-state index is 0.325. The van der Waals surface area contributed by atoms with Crippen molar-refractivity contribution in [2.45, 2.75) is 0 Å². The number of tetrazole rings is 1. The van der Waals surface area contributed by atoms with Gasteiger partial charge in [-0.05, 0) is 33.7 Å². The van der Waals surface area contributed by atoms with Gasteiger partial charge in [0.25, 0.3) is 5.91 Å². The largest absolute Gasteiger partial charge is 0.290 e. The van der Waals surface area contributed by atoms with Gasteiger partial charge in [-0.2, -0.15) is 0 Å². The molecule has 3 aromatic rings. The Kier molecular flexibility index (Phi) is 3.40. The average Bonchev–Trinajstić information content (AvgIpc) is 3.08. The van der Waals surface area contributed by atoms with E-state index in [2.05, 4.69) is 26.0 Å². The van der Waals surface area contributed by atoms with Crippen LogP contribution in [-0.2, 0) is 0 Å². The predicted molar refractivity (Wildman–Crippen MR) is 76.7 cm³/mol.